The van der Waals surface area contributed by atoms with Crippen molar-refractivity contribution in [3.63, 3.8) is 0 Å². The minimum atomic E-state index is -1.04. The van der Waals surface area contributed by atoms with Crippen LogP contribution in [0.5, 0.6) is 0 Å². The van der Waals surface area contributed by atoms with Gasteiger partial charge in [0.15, 0.2) is 0 Å². The van der Waals surface area contributed by atoms with E-state index >= 15 is 0 Å². The van der Waals surface area contributed by atoms with E-state index in [2.05, 4.69) is 15.6 Å². The second-order valence-corrected chi connectivity index (χ2v) is 11.2. The number of nitrogens with zero attached hydrogens (tertiary/aromatic N) is 5. The number of fused-ring (bicyclic) bond motifs is 2. The number of anilines is 5. The molecule has 0 bridgehead atoms. The smallest absolute Gasteiger partial charge is 0.414 e. The molecule has 2 aromatic heterocycles. The second kappa shape index (κ2) is 13.7. The highest BCUT2D eigenvalue weighted by atomic mass is 16.6. The first kappa shape index (κ1) is 31.2. The fraction of sp³-hybridized carbons (Fsp3) is 0.229. The number of pyridine rings is 1. The van der Waals surface area contributed by atoms with Crippen molar-refractivity contribution in [1.29, 1.82) is 0 Å². The van der Waals surface area contributed by atoms with Crippen LogP contribution in [0, 0.1) is 6.92 Å². The highest BCUT2D eigenvalue weighted by Gasteiger charge is 2.31. The number of hydrogen-bond donors (Lipinski definition) is 3. The van der Waals surface area contributed by atoms with E-state index in [1.54, 1.807) is 33.9 Å². The van der Waals surface area contributed by atoms with Crippen molar-refractivity contribution in [1.82, 2.24) is 19.9 Å². The lowest BCUT2D eigenvalue weighted by atomic mass is 10.1. The molecule has 0 fully saturated rings. The quantitative estimate of drug-likeness (QED) is 0.170. The maximum Gasteiger partial charge on any atom is 0.414 e. The average Bonchev–Trinajstić information content (AvgIpc) is 3.08. The zero-order chi connectivity index (χ0) is 32.9. The molecule has 0 saturated carbocycles. The number of para-hydroxylation sites is 1. The summed E-state index contributed by atoms with van der Waals surface area (Å²) in [7, 11) is 1.86. The Morgan fingerprint density at radius 1 is 0.979 bits per heavy atom. The van der Waals surface area contributed by atoms with Crippen molar-refractivity contribution in [2.45, 2.75) is 26.5 Å². The van der Waals surface area contributed by atoms with Gasteiger partial charge in [0.1, 0.15) is 17.9 Å². The number of amides is 1. The molecule has 3 heterocycles. The lowest BCUT2D eigenvalue weighted by Gasteiger charge is -2.38. The number of aromatic carboxylic acids is 1. The van der Waals surface area contributed by atoms with Crippen LogP contribution in [0.25, 0.3) is 11.0 Å². The third-order valence-corrected chi connectivity index (χ3v) is 8.02. The number of hydrogen-bond acceptors (Lipinski definition) is 9. The Bertz CT molecular complexity index is 2000. The highest BCUT2D eigenvalue weighted by molar-refractivity contribution is 5.97. The van der Waals surface area contributed by atoms with Crippen LogP contribution in [0.2, 0.25) is 0 Å². The van der Waals surface area contributed by atoms with Crippen LogP contribution in [0.3, 0.4) is 0 Å². The summed E-state index contributed by atoms with van der Waals surface area (Å²) in [5, 5.41) is 16.2. The SMILES string of the molecule is CNCCCn1c(=O)c(N2CCN(C(=O)OCc3ccccc3)c3c(C)cccc32)cc2cnc(Nc3cccc(C(=O)O)c3)nc21. The van der Waals surface area contributed by atoms with E-state index < -0.39 is 12.1 Å². The molecule has 0 spiro atoms. The Kier molecular flexibility index (Phi) is 9.11. The third-order valence-electron chi connectivity index (χ3n) is 8.02. The molecule has 5 aromatic rings. The summed E-state index contributed by atoms with van der Waals surface area (Å²) in [4.78, 5) is 51.8. The molecule has 1 amide bonds. The van der Waals surface area contributed by atoms with Crippen molar-refractivity contribution in [3.05, 3.63) is 112 Å². The first-order valence-electron chi connectivity index (χ1n) is 15.3. The average molecular weight is 634 g/mol. The molecule has 0 radical (unpaired) electrons. The number of ether oxygens (including phenoxy) is 1. The number of carboxylic acid groups (broad SMARTS) is 1. The zero-order valence-corrected chi connectivity index (χ0v) is 26.1. The minimum absolute atomic E-state index is 0.129. The van der Waals surface area contributed by atoms with Crippen LogP contribution in [0.4, 0.5) is 33.5 Å². The number of carbonyl (C=O) groups excluding carboxylic acids is 1. The fourth-order valence-electron chi connectivity index (χ4n) is 5.75. The van der Waals surface area contributed by atoms with Crippen LogP contribution >= 0.6 is 0 Å². The summed E-state index contributed by atoms with van der Waals surface area (Å²) < 4.78 is 7.34. The maximum absolute atomic E-state index is 14.3. The molecular formula is C35H35N7O5. The number of nitrogens with one attached hydrogen (secondary N) is 2. The molecule has 0 saturated heterocycles. The molecule has 47 heavy (non-hydrogen) atoms. The van der Waals surface area contributed by atoms with Crippen molar-refractivity contribution >= 4 is 51.8 Å². The Hall–Kier alpha value is -5.75. The van der Waals surface area contributed by atoms with Crippen LogP contribution < -0.4 is 26.0 Å². The van der Waals surface area contributed by atoms with Crippen LogP contribution in [-0.4, -0.2) is 58.4 Å². The molecule has 0 atom stereocenters. The van der Waals surface area contributed by atoms with Gasteiger partial charge in [-0.1, -0.05) is 48.5 Å². The normalized spacial score (nSPS) is 12.6. The summed E-state index contributed by atoms with van der Waals surface area (Å²) in [6.07, 6.45) is 1.88. The predicted octanol–water partition coefficient (Wildman–Crippen LogP) is 5.45. The van der Waals surface area contributed by atoms with Gasteiger partial charge in [-0.05, 0) is 68.4 Å². The van der Waals surface area contributed by atoms with Gasteiger partial charge in [0.25, 0.3) is 5.56 Å². The van der Waals surface area contributed by atoms with Crippen molar-refractivity contribution in [2.75, 3.05) is 41.8 Å². The van der Waals surface area contributed by atoms with E-state index in [9.17, 15) is 19.5 Å². The monoisotopic (exact) mass is 633 g/mol. The van der Waals surface area contributed by atoms with Crippen molar-refractivity contribution in [2.24, 2.45) is 0 Å². The Morgan fingerprint density at radius 3 is 2.57 bits per heavy atom. The molecule has 6 rings (SSSR count). The number of benzene rings is 3. The van der Waals surface area contributed by atoms with E-state index in [1.807, 2.05) is 67.4 Å². The summed E-state index contributed by atoms with van der Waals surface area (Å²) in [6, 6.07) is 23.4. The Balaban J connectivity index is 1.36. The van der Waals surface area contributed by atoms with E-state index in [0.717, 1.165) is 16.8 Å². The predicted molar refractivity (Wildman–Crippen MR) is 181 cm³/mol. The third kappa shape index (κ3) is 6.63. The Labute approximate surface area is 271 Å². The van der Waals surface area contributed by atoms with Crippen molar-refractivity contribution in [3.8, 4) is 0 Å². The van der Waals surface area contributed by atoms with Crippen molar-refractivity contribution < 1.29 is 19.4 Å². The van der Waals surface area contributed by atoms with Crippen LogP contribution in [0.1, 0.15) is 27.9 Å². The van der Waals surface area contributed by atoms with E-state index in [4.69, 9.17) is 9.72 Å². The van der Waals surface area contributed by atoms with Gasteiger partial charge in [-0.25, -0.2) is 14.6 Å². The molecule has 240 valence electrons. The zero-order valence-electron chi connectivity index (χ0n) is 26.1. The summed E-state index contributed by atoms with van der Waals surface area (Å²) >= 11 is 0. The number of rotatable bonds is 10. The molecular weight excluding hydrogens is 598 g/mol. The topological polar surface area (TPSA) is 142 Å². The van der Waals surface area contributed by atoms with Crippen LogP contribution in [-0.2, 0) is 17.9 Å². The number of carboxylic acids is 1. The molecule has 3 N–H and O–H groups in total. The standard InChI is InChI=1S/C35H35N7O5/c1-23-9-6-14-28-30(23)41(35(46)47-22-24-10-4-3-5-11-24)18-17-40(28)29-20-26-21-37-34(38-27-13-7-12-25(19-27)33(44)45)39-31(26)42(32(29)43)16-8-15-36-2/h3-7,9-14,19-21,36H,8,15-18,22H2,1-2H3,(H,44,45)(H,37,38,39). The van der Waals surface area contributed by atoms with E-state index in [1.165, 1.54) is 12.1 Å². The maximum atomic E-state index is 14.3. The molecule has 12 nitrogen and oxygen atoms in total. The van der Waals surface area contributed by atoms with Gasteiger partial charge in [-0.2, -0.15) is 4.98 Å². The second-order valence-electron chi connectivity index (χ2n) is 11.2. The highest BCUT2D eigenvalue weighted by Crippen LogP contribution is 2.40. The summed E-state index contributed by atoms with van der Waals surface area (Å²) in [6.45, 7) is 3.88. The fourth-order valence-corrected chi connectivity index (χ4v) is 5.75. The summed E-state index contributed by atoms with van der Waals surface area (Å²) in [5.74, 6) is -0.807. The number of aromatic nitrogens is 3. The largest absolute Gasteiger partial charge is 0.478 e. The first-order chi connectivity index (χ1) is 22.8. The van der Waals surface area contributed by atoms with Gasteiger partial charge in [-0.15, -0.1) is 0 Å². The Morgan fingerprint density at radius 2 is 1.79 bits per heavy atom. The molecule has 1 aliphatic heterocycles. The van der Waals surface area contributed by atoms with Gasteiger partial charge in [-0.3, -0.25) is 14.3 Å². The summed E-state index contributed by atoms with van der Waals surface area (Å²) in [5.41, 5.74) is 4.51. The van der Waals surface area contributed by atoms with E-state index in [0.29, 0.717) is 60.7 Å². The van der Waals surface area contributed by atoms with Gasteiger partial charge < -0.3 is 25.4 Å². The molecule has 0 unspecified atom stereocenters. The lowest BCUT2D eigenvalue weighted by Crippen LogP contribution is -2.44. The number of aryl methyl sites for hydroxylation is 2. The van der Waals surface area contributed by atoms with Gasteiger partial charge in [0.05, 0.1) is 16.9 Å². The first-order valence-corrected chi connectivity index (χ1v) is 15.3. The van der Waals surface area contributed by atoms with Crippen LogP contribution in [0.15, 0.2) is 89.9 Å². The minimum Gasteiger partial charge on any atom is -0.478 e. The molecule has 1 aliphatic rings. The molecule has 3 aromatic carbocycles. The lowest BCUT2D eigenvalue weighted by molar-refractivity contribution is 0.0697. The molecule has 0 aliphatic carbocycles. The van der Waals surface area contributed by atoms with E-state index in [-0.39, 0.29) is 23.7 Å². The van der Waals surface area contributed by atoms with Gasteiger partial charge in [0, 0.05) is 36.9 Å². The molecule has 12 heteroatoms. The van der Waals surface area contributed by atoms with Gasteiger partial charge >= 0.3 is 12.1 Å². The number of carbonyl (C=O) groups is 2. The van der Waals surface area contributed by atoms with Gasteiger partial charge in [0.2, 0.25) is 5.95 Å².